The maximum absolute atomic E-state index is 12.2. The number of carbonyl (C=O) groups is 1. The van der Waals surface area contributed by atoms with E-state index in [0.717, 1.165) is 10.8 Å². The zero-order valence-corrected chi connectivity index (χ0v) is 13.2. The van der Waals surface area contributed by atoms with Crippen molar-refractivity contribution in [3.8, 4) is 0 Å². The molecule has 2 aromatic rings. The van der Waals surface area contributed by atoms with Crippen LogP contribution in [0.2, 0.25) is 0 Å². The maximum Gasteiger partial charge on any atom is 0.242 e. The molecule has 2 heterocycles. The molecule has 0 aromatic carbocycles. The number of carbonyl (C=O) groups excluding carboxylic acids is 1. The molecule has 0 aliphatic heterocycles. The van der Waals surface area contributed by atoms with Crippen LogP contribution in [0.3, 0.4) is 0 Å². The molecule has 0 fully saturated rings. The van der Waals surface area contributed by atoms with E-state index in [1.165, 1.54) is 11.3 Å². The number of hydrogen-bond acceptors (Lipinski definition) is 6. The van der Waals surface area contributed by atoms with Crippen molar-refractivity contribution in [3.05, 3.63) is 23.2 Å². The van der Waals surface area contributed by atoms with Crippen LogP contribution in [0.5, 0.6) is 0 Å². The van der Waals surface area contributed by atoms with Gasteiger partial charge < -0.3 is 15.6 Å². The highest BCUT2D eigenvalue weighted by molar-refractivity contribution is 7.15. The predicted octanol–water partition coefficient (Wildman–Crippen LogP) is 1.36. The smallest absolute Gasteiger partial charge is 0.242 e. The first-order valence-corrected chi connectivity index (χ1v) is 7.69. The molecule has 7 nitrogen and oxygen atoms in total. The van der Waals surface area contributed by atoms with Gasteiger partial charge in [0.25, 0.3) is 0 Å². The minimum absolute atomic E-state index is 0.0348. The third-order valence-corrected chi connectivity index (χ3v) is 3.94. The van der Waals surface area contributed by atoms with Gasteiger partial charge in [-0.15, -0.1) is 10.2 Å². The number of aromatic nitrogens is 4. The van der Waals surface area contributed by atoms with Crippen molar-refractivity contribution in [2.75, 3.05) is 12.3 Å². The van der Waals surface area contributed by atoms with E-state index in [4.69, 9.17) is 5.73 Å². The maximum atomic E-state index is 12.2. The molecule has 0 spiro atoms. The quantitative estimate of drug-likeness (QED) is 0.839. The standard InChI is InChI=1S/C13H20N6OS/c1-8(2)11-15-6-7-19(11)9(3)12(20)16-5-4-10-17-18-13(14)21-10/h6-9H,4-5H2,1-3H3,(H2,14,18)(H,16,20). The number of anilines is 1. The van der Waals surface area contributed by atoms with E-state index in [1.54, 1.807) is 6.20 Å². The van der Waals surface area contributed by atoms with Crippen molar-refractivity contribution < 1.29 is 4.79 Å². The van der Waals surface area contributed by atoms with Gasteiger partial charge >= 0.3 is 0 Å². The summed E-state index contributed by atoms with van der Waals surface area (Å²) in [4.78, 5) is 16.5. The topological polar surface area (TPSA) is 98.7 Å². The second-order valence-electron chi connectivity index (χ2n) is 5.10. The number of nitrogens with one attached hydrogen (secondary N) is 1. The Hall–Kier alpha value is -1.96. The van der Waals surface area contributed by atoms with Gasteiger partial charge in [-0.05, 0) is 6.92 Å². The number of imidazole rings is 1. The van der Waals surface area contributed by atoms with Crippen LogP contribution in [-0.2, 0) is 11.2 Å². The number of amides is 1. The highest BCUT2D eigenvalue weighted by Gasteiger charge is 2.18. The minimum Gasteiger partial charge on any atom is -0.374 e. The molecule has 114 valence electrons. The lowest BCUT2D eigenvalue weighted by molar-refractivity contribution is -0.123. The van der Waals surface area contributed by atoms with E-state index in [0.29, 0.717) is 18.1 Å². The first-order chi connectivity index (χ1) is 9.99. The molecule has 1 unspecified atom stereocenters. The molecular formula is C13H20N6OS. The highest BCUT2D eigenvalue weighted by atomic mass is 32.1. The molecule has 2 rings (SSSR count). The van der Waals surface area contributed by atoms with Crippen LogP contribution in [-0.4, -0.2) is 32.2 Å². The Kier molecular flexibility index (Phi) is 4.89. The van der Waals surface area contributed by atoms with E-state index in [-0.39, 0.29) is 17.9 Å². The van der Waals surface area contributed by atoms with E-state index in [1.807, 2.05) is 17.7 Å². The largest absolute Gasteiger partial charge is 0.374 e. The molecule has 0 radical (unpaired) electrons. The summed E-state index contributed by atoms with van der Waals surface area (Å²) in [7, 11) is 0. The molecule has 0 bridgehead atoms. The second kappa shape index (κ2) is 6.66. The summed E-state index contributed by atoms with van der Waals surface area (Å²) < 4.78 is 1.91. The zero-order valence-electron chi connectivity index (χ0n) is 12.4. The normalized spacial score (nSPS) is 12.6. The van der Waals surface area contributed by atoms with Crippen LogP contribution in [0.1, 0.15) is 43.6 Å². The fourth-order valence-electron chi connectivity index (χ4n) is 2.03. The molecule has 1 amide bonds. The zero-order chi connectivity index (χ0) is 15.4. The Labute approximate surface area is 127 Å². The SMILES string of the molecule is CC(C)c1nccn1C(C)C(=O)NCCc1nnc(N)s1. The Morgan fingerprint density at radius 2 is 2.19 bits per heavy atom. The molecule has 0 saturated heterocycles. The number of hydrogen-bond donors (Lipinski definition) is 2. The Bertz CT molecular complexity index is 605. The van der Waals surface area contributed by atoms with E-state index in [9.17, 15) is 4.79 Å². The van der Waals surface area contributed by atoms with E-state index in [2.05, 4.69) is 34.3 Å². The second-order valence-corrected chi connectivity index (χ2v) is 6.19. The molecule has 2 aromatic heterocycles. The lowest BCUT2D eigenvalue weighted by Crippen LogP contribution is -2.33. The van der Waals surface area contributed by atoms with Gasteiger partial charge in [0.2, 0.25) is 11.0 Å². The number of nitrogens with two attached hydrogens (primary N) is 1. The van der Waals surface area contributed by atoms with Gasteiger partial charge in [-0.3, -0.25) is 4.79 Å². The third-order valence-electron chi connectivity index (χ3n) is 3.13. The third kappa shape index (κ3) is 3.78. The van der Waals surface area contributed by atoms with Crippen molar-refractivity contribution in [1.29, 1.82) is 0 Å². The van der Waals surface area contributed by atoms with E-state index < -0.39 is 0 Å². The molecular weight excluding hydrogens is 288 g/mol. The molecule has 0 saturated carbocycles. The van der Waals surface area contributed by atoms with Crippen molar-refractivity contribution >= 4 is 22.4 Å². The van der Waals surface area contributed by atoms with Crippen LogP contribution in [0.25, 0.3) is 0 Å². The number of nitrogen functional groups attached to an aromatic ring is 1. The van der Waals surface area contributed by atoms with Crippen LogP contribution in [0.15, 0.2) is 12.4 Å². The Morgan fingerprint density at radius 3 is 2.81 bits per heavy atom. The summed E-state index contributed by atoms with van der Waals surface area (Å²) in [5.41, 5.74) is 5.51. The summed E-state index contributed by atoms with van der Waals surface area (Å²) in [6, 6.07) is -0.288. The van der Waals surface area contributed by atoms with Gasteiger partial charge in [-0.1, -0.05) is 25.2 Å². The van der Waals surface area contributed by atoms with Gasteiger partial charge in [-0.25, -0.2) is 4.98 Å². The van der Waals surface area contributed by atoms with Crippen LogP contribution in [0.4, 0.5) is 5.13 Å². The summed E-state index contributed by atoms with van der Waals surface area (Å²) in [6.45, 7) is 6.50. The van der Waals surface area contributed by atoms with Gasteiger partial charge in [0.15, 0.2) is 0 Å². The highest BCUT2D eigenvalue weighted by Crippen LogP contribution is 2.17. The van der Waals surface area contributed by atoms with Crippen molar-refractivity contribution in [2.24, 2.45) is 0 Å². The predicted molar refractivity (Wildman–Crippen MR) is 82.1 cm³/mol. The first kappa shape index (κ1) is 15.4. The van der Waals surface area contributed by atoms with Crippen LogP contribution >= 0.6 is 11.3 Å². The van der Waals surface area contributed by atoms with Crippen molar-refractivity contribution in [1.82, 2.24) is 25.1 Å². The summed E-state index contributed by atoms with van der Waals surface area (Å²) >= 11 is 1.34. The van der Waals surface area contributed by atoms with Gasteiger partial charge in [-0.2, -0.15) is 0 Å². The summed E-state index contributed by atoms with van der Waals surface area (Å²) in [5.74, 6) is 1.15. The lowest BCUT2D eigenvalue weighted by Gasteiger charge is -2.17. The first-order valence-electron chi connectivity index (χ1n) is 6.87. The summed E-state index contributed by atoms with van der Waals surface area (Å²) in [6.07, 6.45) is 4.20. The minimum atomic E-state index is -0.288. The van der Waals surface area contributed by atoms with Gasteiger partial charge in [0.1, 0.15) is 16.9 Å². The molecule has 0 aliphatic carbocycles. The number of rotatable bonds is 6. The molecule has 3 N–H and O–H groups in total. The van der Waals surface area contributed by atoms with Crippen molar-refractivity contribution in [3.63, 3.8) is 0 Å². The average molecular weight is 308 g/mol. The van der Waals surface area contributed by atoms with E-state index >= 15 is 0 Å². The molecule has 0 aliphatic rings. The van der Waals surface area contributed by atoms with Crippen LogP contribution in [0, 0.1) is 0 Å². The van der Waals surface area contributed by atoms with Crippen molar-refractivity contribution in [2.45, 2.75) is 39.2 Å². The lowest BCUT2D eigenvalue weighted by atomic mass is 10.2. The van der Waals surface area contributed by atoms with Gasteiger partial charge in [0.05, 0.1) is 0 Å². The average Bonchev–Trinajstić information content (AvgIpc) is 3.06. The fourth-order valence-corrected chi connectivity index (χ4v) is 2.64. The molecule has 21 heavy (non-hydrogen) atoms. The van der Waals surface area contributed by atoms with Gasteiger partial charge in [0, 0.05) is 31.3 Å². The number of nitrogens with zero attached hydrogens (tertiary/aromatic N) is 4. The Balaban J connectivity index is 1.89. The monoisotopic (exact) mass is 308 g/mol. The Morgan fingerprint density at radius 1 is 1.43 bits per heavy atom. The molecule has 8 heteroatoms. The fraction of sp³-hybridized carbons (Fsp3) is 0.538. The molecule has 1 atom stereocenters. The summed E-state index contributed by atoms with van der Waals surface area (Å²) in [5, 5.41) is 11.8. The van der Waals surface area contributed by atoms with Crippen LogP contribution < -0.4 is 11.1 Å².